The number of rotatable bonds is 5. The van der Waals surface area contributed by atoms with Crippen LogP contribution in [0.4, 0.5) is 0 Å². The fourth-order valence-corrected chi connectivity index (χ4v) is 7.52. The van der Waals surface area contributed by atoms with Crippen LogP contribution in [0, 0.1) is 17.8 Å². The number of amides is 4. The molecule has 2 heterocycles. The molecule has 196 valence electrons. The predicted octanol–water partition coefficient (Wildman–Crippen LogP) is 1.86. The van der Waals surface area contributed by atoms with Gasteiger partial charge in [0.05, 0.1) is 25.4 Å². The fraction of sp³-hybridized carbons (Fsp3) is 0.480. The van der Waals surface area contributed by atoms with E-state index in [9.17, 15) is 29.1 Å². The number of benzene rings is 1. The number of alkyl halides is 2. The molecule has 1 aromatic rings. The first-order chi connectivity index (χ1) is 17.4. The maximum absolute atomic E-state index is 13.5. The van der Waals surface area contributed by atoms with E-state index in [4.69, 9.17) is 33.0 Å². The smallest absolute Gasteiger partial charge is 0.305 e. The molecule has 2 aliphatic carbocycles. The van der Waals surface area contributed by atoms with Crippen LogP contribution in [0.2, 0.25) is 0 Å². The molecule has 1 aromatic carbocycles. The first kappa shape index (κ1) is 25.5. The zero-order chi connectivity index (χ0) is 27.0. The molecule has 0 bridgehead atoms. The van der Waals surface area contributed by atoms with Gasteiger partial charge in [-0.2, -0.15) is 0 Å². The third-order valence-corrected chi connectivity index (χ3v) is 9.60. The van der Waals surface area contributed by atoms with Crippen molar-refractivity contribution in [2.24, 2.45) is 17.8 Å². The Kier molecular flexibility index (Phi) is 5.84. The maximum atomic E-state index is 13.5. The molecule has 0 aromatic heterocycles. The minimum absolute atomic E-state index is 0.162. The SMILES string of the molecule is COc1ccc(C2C3=CCC4C(=O)N(CCC(=O)O)C(=O)C4C3CC3(Cl)C(=O)N(C)C(=O)C23Cl)cc1O. The minimum Gasteiger partial charge on any atom is -0.504 e. The van der Waals surface area contributed by atoms with Gasteiger partial charge in [-0.3, -0.25) is 33.8 Å². The van der Waals surface area contributed by atoms with E-state index >= 15 is 0 Å². The summed E-state index contributed by atoms with van der Waals surface area (Å²) in [4.78, 5) is 62.4. The van der Waals surface area contributed by atoms with E-state index in [0.717, 1.165) is 9.80 Å². The number of halogens is 2. The molecule has 37 heavy (non-hydrogen) atoms. The molecule has 6 unspecified atom stereocenters. The van der Waals surface area contributed by atoms with Crippen molar-refractivity contribution in [1.82, 2.24) is 9.80 Å². The first-order valence-electron chi connectivity index (χ1n) is 11.7. The van der Waals surface area contributed by atoms with E-state index in [2.05, 4.69) is 0 Å². The van der Waals surface area contributed by atoms with Gasteiger partial charge < -0.3 is 14.9 Å². The highest BCUT2D eigenvalue weighted by atomic mass is 35.5. The molecular formula is C25H24Cl2N2O8. The standard InChI is InChI=1S/C25H24Cl2N2O8/c1-28-22(35)24(26)10-14-12(4-5-13-18(14)21(34)29(20(13)33)8-7-17(31)32)19(25(24,27)23(28)36)11-3-6-16(37-2)15(30)9-11/h3-4,6,9,13-14,18-19,30H,5,7-8,10H2,1-2H3,(H,31,32). The summed E-state index contributed by atoms with van der Waals surface area (Å²) in [6.45, 7) is -0.260. The zero-order valence-electron chi connectivity index (χ0n) is 19.9. The Morgan fingerprint density at radius 3 is 2.46 bits per heavy atom. The van der Waals surface area contributed by atoms with Gasteiger partial charge in [-0.25, -0.2) is 0 Å². The lowest BCUT2D eigenvalue weighted by molar-refractivity contribution is -0.143. The number of carbonyl (C=O) groups excluding carboxylic acids is 4. The Hall–Kier alpha value is -3.11. The Morgan fingerprint density at radius 2 is 1.84 bits per heavy atom. The molecule has 4 aliphatic rings. The number of allylic oxidation sites excluding steroid dienone is 2. The molecule has 3 fully saturated rings. The number of fused-ring (bicyclic) bond motifs is 4. The highest BCUT2D eigenvalue weighted by molar-refractivity contribution is 6.53. The van der Waals surface area contributed by atoms with E-state index < -0.39 is 69.4 Å². The minimum atomic E-state index is -1.95. The number of ether oxygens (including phenoxy) is 1. The monoisotopic (exact) mass is 550 g/mol. The number of hydrogen-bond acceptors (Lipinski definition) is 7. The molecule has 2 N–H and O–H groups in total. The highest BCUT2D eigenvalue weighted by Gasteiger charge is 2.75. The molecule has 1 saturated carbocycles. The van der Waals surface area contributed by atoms with Gasteiger partial charge in [-0.1, -0.05) is 17.7 Å². The number of hydrogen-bond donors (Lipinski definition) is 2. The fourth-order valence-electron chi connectivity index (χ4n) is 6.50. The molecular weight excluding hydrogens is 527 g/mol. The topological polar surface area (TPSA) is 142 Å². The predicted molar refractivity (Wildman–Crippen MR) is 129 cm³/mol. The van der Waals surface area contributed by atoms with Crippen molar-refractivity contribution in [3.05, 3.63) is 35.4 Å². The van der Waals surface area contributed by atoms with Crippen LogP contribution in [-0.4, -0.2) is 80.1 Å². The van der Waals surface area contributed by atoms with Crippen LogP contribution in [0.1, 0.15) is 30.7 Å². The van der Waals surface area contributed by atoms with E-state index in [1.165, 1.54) is 26.3 Å². The molecule has 4 amide bonds. The Morgan fingerprint density at radius 1 is 1.14 bits per heavy atom. The highest BCUT2D eigenvalue weighted by Crippen LogP contribution is 2.65. The third kappa shape index (κ3) is 3.28. The summed E-state index contributed by atoms with van der Waals surface area (Å²) < 4.78 is 5.13. The van der Waals surface area contributed by atoms with Crippen LogP contribution < -0.4 is 4.74 Å². The summed E-state index contributed by atoms with van der Waals surface area (Å²) in [5, 5.41) is 19.6. The number of methoxy groups -OCH3 is 1. The molecule has 12 heteroatoms. The number of aromatic hydroxyl groups is 1. The van der Waals surface area contributed by atoms with E-state index in [-0.39, 0.29) is 30.9 Å². The van der Waals surface area contributed by atoms with Crippen LogP contribution in [-0.2, 0) is 24.0 Å². The van der Waals surface area contributed by atoms with Gasteiger partial charge in [-0.05, 0) is 36.5 Å². The Labute approximate surface area is 221 Å². The summed E-state index contributed by atoms with van der Waals surface area (Å²) in [5.41, 5.74) is 0.971. The molecule has 0 radical (unpaired) electrons. The summed E-state index contributed by atoms with van der Waals surface area (Å²) in [5.74, 6) is -6.93. The largest absolute Gasteiger partial charge is 0.504 e. The number of carboxylic acid groups (broad SMARTS) is 1. The molecule has 2 saturated heterocycles. The lowest BCUT2D eigenvalue weighted by Gasteiger charge is -2.50. The average molecular weight is 551 g/mol. The van der Waals surface area contributed by atoms with E-state index in [0.29, 0.717) is 11.1 Å². The maximum Gasteiger partial charge on any atom is 0.305 e. The molecule has 0 spiro atoms. The van der Waals surface area contributed by atoms with Crippen molar-refractivity contribution >= 4 is 52.8 Å². The van der Waals surface area contributed by atoms with Gasteiger partial charge in [0.2, 0.25) is 11.8 Å². The second kappa shape index (κ2) is 8.46. The van der Waals surface area contributed by atoms with Crippen molar-refractivity contribution in [3.63, 3.8) is 0 Å². The normalized spacial score (nSPS) is 34.8. The number of carbonyl (C=O) groups is 5. The quantitative estimate of drug-likeness (QED) is 0.321. The van der Waals surface area contributed by atoms with Gasteiger partial charge in [0, 0.05) is 19.5 Å². The van der Waals surface area contributed by atoms with Crippen molar-refractivity contribution in [3.8, 4) is 11.5 Å². The van der Waals surface area contributed by atoms with Crippen molar-refractivity contribution in [2.45, 2.75) is 34.9 Å². The molecule has 5 rings (SSSR count). The van der Waals surface area contributed by atoms with E-state index in [1.54, 1.807) is 12.1 Å². The lowest BCUT2D eigenvalue weighted by Crippen LogP contribution is -2.60. The lowest BCUT2D eigenvalue weighted by atomic mass is 9.56. The average Bonchev–Trinajstić information content (AvgIpc) is 3.17. The van der Waals surface area contributed by atoms with Gasteiger partial charge in [0.1, 0.15) is 0 Å². The summed E-state index contributed by atoms with van der Waals surface area (Å²) >= 11 is 14.1. The van der Waals surface area contributed by atoms with Crippen LogP contribution >= 0.6 is 23.2 Å². The molecule has 2 aliphatic heterocycles. The van der Waals surface area contributed by atoms with Crippen LogP contribution in [0.3, 0.4) is 0 Å². The van der Waals surface area contributed by atoms with Gasteiger partial charge in [-0.15, -0.1) is 23.2 Å². The van der Waals surface area contributed by atoms with Gasteiger partial charge >= 0.3 is 5.97 Å². The van der Waals surface area contributed by atoms with Crippen LogP contribution in [0.15, 0.2) is 29.8 Å². The number of phenols is 1. The van der Waals surface area contributed by atoms with Crippen LogP contribution in [0.25, 0.3) is 0 Å². The number of imide groups is 2. The van der Waals surface area contributed by atoms with Gasteiger partial charge in [0.25, 0.3) is 11.8 Å². The van der Waals surface area contributed by atoms with Crippen molar-refractivity contribution in [2.75, 3.05) is 20.7 Å². The third-order valence-electron chi connectivity index (χ3n) is 8.19. The number of phenolic OH excluding ortho intramolecular Hbond substituents is 1. The summed E-state index contributed by atoms with van der Waals surface area (Å²) in [6.07, 6.45) is 1.38. The number of nitrogens with zero attached hydrogens (tertiary/aromatic N) is 2. The zero-order valence-corrected chi connectivity index (χ0v) is 21.5. The van der Waals surface area contributed by atoms with Crippen LogP contribution in [0.5, 0.6) is 11.5 Å². The van der Waals surface area contributed by atoms with E-state index in [1.807, 2.05) is 0 Å². The molecule has 6 atom stereocenters. The summed E-state index contributed by atoms with van der Waals surface area (Å²) in [6, 6.07) is 4.49. The van der Waals surface area contributed by atoms with Crippen molar-refractivity contribution in [1.29, 1.82) is 0 Å². The second-order valence-corrected chi connectivity index (χ2v) is 11.1. The Bertz CT molecular complexity index is 1300. The first-order valence-corrected chi connectivity index (χ1v) is 12.5. The molecule has 10 nitrogen and oxygen atoms in total. The second-order valence-electron chi connectivity index (χ2n) is 9.90. The van der Waals surface area contributed by atoms with Gasteiger partial charge in [0.15, 0.2) is 21.2 Å². The summed E-state index contributed by atoms with van der Waals surface area (Å²) in [7, 11) is 2.67. The number of aliphatic carboxylic acids is 1. The number of likely N-dealkylation sites (tertiary alicyclic amines) is 2. The Balaban J connectivity index is 1.66. The number of carboxylic acids is 1. The van der Waals surface area contributed by atoms with Crippen molar-refractivity contribution < 1.29 is 38.9 Å².